The van der Waals surface area contributed by atoms with Crippen molar-refractivity contribution in [2.24, 2.45) is 0 Å². The first kappa shape index (κ1) is 12.2. The van der Waals surface area contributed by atoms with E-state index in [1.165, 1.54) is 18.7 Å². The largest absolute Gasteiger partial charge is 0.367 e. The third-order valence-electron chi connectivity index (χ3n) is 3.83. The third-order valence-corrected chi connectivity index (χ3v) is 3.83. The third kappa shape index (κ3) is 2.12. The molecule has 2 aliphatic heterocycles. The van der Waals surface area contributed by atoms with Crippen molar-refractivity contribution in [3.05, 3.63) is 24.3 Å². The van der Waals surface area contributed by atoms with Crippen LogP contribution in [0.3, 0.4) is 0 Å². The quantitative estimate of drug-likeness (QED) is 0.733. The lowest BCUT2D eigenvalue weighted by Gasteiger charge is -2.37. The number of Topliss-reactive ketones (excluding diaryl/α,β-unsaturated/α-hetero) is 1. The lowest BCUT2D eigenvalue weighted by Crippen LogP contribution is -2.53. The van der Waals surface area contributed by atoms with Crippen LogP contribution in [0.25, 0.3) is 0 Å². The second-order valence-corrected chi connectivity index (χ2v) is 4.97. The number of carbonyl (C=O) groups is 2. The summed E-state index contributed by atoms with van der Waals surface area (Å²) < 4.78 is 5.62. The van der Waals surface area contributed by atoms with Crippen molar-refractivity contribution in [2.75, 3.05) is 19.7 Å². The fourth-order valence-electron chi connectivity index (χ4n) is 2.73. The minimum atomic E-state index is -0.621. The maximum absolute atomic E-state index is 12.2. The van der Waals surface area contributed by atoms with E-state index in [1.54, 1.807) is 4.90 Å². The summed E-state index contributed by atoms with van der Waals surface area (Å²) in [5, 5.41) is 0. The second-order valence-electron chi connectivity index (χ2n) is 4.97. The van der Waals surface area contributed by atoms with Crippen molar-refractivity contribution in [2.45, 2.75) is 24.9 Å². The summed E-state index contributed by atoms with van der Waals surface area (Å²) in [6, 6.07) is 0. The Morgan fingerprint density at radius 3 is 2.74 bits per heavy atom. The van der Waals surface area contributed by atoms with Crippen LogP contribution in [0.2, 0.25) is 0 Å². The molecule has 0 unspecified atom stereocenters. The average molecular weight is 261 g/mol. The predicted octanol–water partition coefficient (Wildman–Crippen LogP) is 0.441. The molecule has 0 saturated carbocycles. The van der Waals surface area contributed by atoms with Crippen molar-refractivity contribution < 1.29 is 14.3 Å². The molecule has 100 valence electrons. The van der Waals surface area contributed by atoms with Crippen molar-refractivity contribution in [1.82, 2.24) is 14.9 Å². The molecule has 2 saturated heterocycles. The van der Waals surface area contributed by atoms with Gasteiger partial charge in [0.1, 0.15) is 11.9 Å². The molecule has 19 heavy (non-hydrogen) atoms. The summed E-state index contributed by atoms with van der Waals surface area (Å²) in [6.45, 7) is 1.30. The summed E-state index contributed by atoms with van der Waals surface area (Å²) in [6.07, 6.45) is 6.60. The van der Waals surface area contributed by atoms with Gasteiger partial charge in [0.25, 0.3) is 5.91 Å². The number of nitrogens with zero attached hydrogens (tertiary/aromatic N) is 3. The van der Waals surface area contributed by atoms with E-state index in [2.05, 4.69) is 9.97 Å². The smallest absolute Gasteiger partial charge is 0.257 e. The van der Waals surface area contributed by atoms with E-state index in [9.17, 15) is 9.59 Å². The van der Waals surface area contributed by atoms with Crippen LogP contribution in [-0.2, 0) is 9.53 Å². The zero-order chi connectivity index (χ0) is 13.3. The SMILES string of the molecule is O=C(c1cncnc1)N1CC[C@@]2(CCCO2)C(=O)C1. The second kappa shape index (κ2) is 4.70. The zero-order valence-corrected chi connectivity index (χ0v) is 10.5. The molecule has 0 bridgehead atoms. The summed E-state index contributed by atoms with van der Waals surface area (Å²) in [5.74, 6) is -0.178. The van der Waals surface area contributed by atoms with E-state index in [0.29, 0.717) is 25.1 Å². The van der Waals surface area contributed by atoms with Crippen LogP contribution in [0, 0.1) is 0 Å². The van der Waals surface area contributed by atoms with Gasteiger partial charge in [0, 0.05) is 32.0 Å². The highest BCUT2D eigenvalue weighted by molar-refractivity contribution is 5.99. The molecule has 3 heterocycles. The van der Waals surface area contributed by atoms with Crippen LogP contribution in [0.5, 0.6) is 0 Å². The van der Waals surface area contributed by atoms with Gasteiger partial charge in [0.15, 0.2) is 5.78 Å². The molecule has 2 fully saturated rings. The Labute approximate surface area is 110 Å². The summed E-state index contributed by atoms with van der Waals surface area (Å²) in [5.41, 5.74) is -0.206. The molecule has 3 rings (SSSR count). The molecular weight excluding hydrogens is 246 g/mol. The van der Waals surface area contributed by atoms with E-state index in [1.807, 2.05) is 0 Å². The van der Waals surface area contributed by atoms with Crippen LogP contribution in [0.4, 0.5) is 0 Å². The number of hydrogen-bond acceptors (Lipinski definition) is 5. The Balaban J connectivity index is 1.72. The first-order chi connectivity index (χ1) is 9.21. The van der Waals surface area contributed by atoms with Gasteiger partial charge in [0.2, 0.25) is 0 Å². The fourth-order valence-corrected chi connectivity index (χ4v) is 2.73. The number of hydrogen-bond donors (Lipinski definition) is 0. The fraction of sp³-hybridized carbons (Fsp3) is 0.538. The molecule has 0 aromatic carbocycles. The monoisotopic (exact) mass is 261 g/mol. The Morgan fingerprint density at radius 1 is 1.32 bits per heavy atom. The van der Waals surface area contributed by atoms with Gasteiger partial charge in [-0.05, 0) is 12.8 Å². The minimum Gasteiger partial charge on any atom is -0.367 e. The highest BCUT2D eigenvalue weighted by Crippen LogP contribution is 2.33. The van der Waals surface area contributed by atoms with Gasteiger partial charge < -0.3 is 9.64 Å². The van der Waals surface area contributed by atoms with Gasteiger partial charge in [-0.15, -0.1) is 0 Å². The highest BCUT2D eigenvalue weighted by atomic mass is 16.5. The van der Waals surface area contributed by atoms with Gasteiger partial charge in [-0.3, -0.25) is 9.59 Å². The lowest BCUT2D eigenvalue weighted by atomic mass is 9.87. The van der Waals surface area contributed by atoms with Gasteiger partial charge >= 0.3 is 0 Å². The maximum atomic E-state index is 12.2. The molecule has 2 aliphatic rings. The van der Waals surface area contributed by atoms with Crippen molar-refractivity contribution in [3.8, 4) is 0 Å². The summed E-state index contributed by atoms with van der Waals surface area (Å²) >= 11 is 0. The van der Waals surface area contributed by atoms with E-state index in [0.717, 1.165) is 12.8 Å². The van der Waals surface area contributed by atoms with Crippen molar-refractivity contribution in [3.63, 3.8) is 0 Å². The maximum Gasteiger partial charge on any atom is 0.257 e. The number of ether oxygens (including phenoxy) is 1. The first-order valence-corrected chi connectivity index (χ1v) is 6.43. The molecule has 1 spiro atoms. The molecule has 1 aromatic rings. The molecule has 0 radical (unpaired) electrons. The number of carbonyl (C=O) groups excluding carboxylic acids is 2. The Hall–Kier alpha value is -1.82. The molecule has 6 heteroatoms. The average Bonchev–Trinajstić information content (AvgIpc) is 2.92. The first-order valence-electron chi connectivity index (χ1n) is 6.43. The van der Waals surface area contributed by atoms with Crippen LogP contribution in [0.15, 0.2) is 18.7 Å². The van der Waals surface area contributed by atoms with E-state index < -0.39 is 5.60 Å². The van der Waals surface area contributed by atoms with Gasteiger partial charge in [0.05, 0.1) is 12.1 Å². The number of ketones is 1. The number of rotatable bonds is 1. The van der Waals surface area contributed by atoms with Gasteiger partial charge in [-0.2, -0.15) is 0 Å². The van der Waals surface area contributed by atoms with Crippen molar-refractivity contribution in [1.29, 1.82) is 0 Å². The number of aromatic nitrogens is 2. The molecule has 0 aliphatic carbocycles. The Bertz CT molecular complexity index is 497. The Kier molecular flexibility index (Phi) is 3.02. The standard InChI is InChI=1S/C13H15N3O3/c17-11-8-16(4-3-13(11)2-1-5-19-13)12(18)10-6-14-9-15-7-10/h6-7,9H,1-5,8H2/t13-/m0/s1. The number of likely N-dealkylation sites (tertiary alicyclic amines) is 1. The van der Waals surface area contributed by atoms with Crippen LogP contribution in [0.1, 0.15) is 29.6 Å². The zero-order valence-electron chi connectivity index (χ0n) is 10.5. The molecular formula is C13H15N3O3. The minimum absolute atomic E-state index is 0.0152. The summed E-state index contributed by atoms with van der Waals surface area (Å²) in [4.78, 5) is 33.6. The summed E-state index contributed by atoms with van der Waals surface area (Å²) in [7, 11) is 0. The van der Waals surface area contributed by atoms with Gasteiger partial charge in [-0.25, -0.2) is 9.97 Å². The Morgan fingerprint density at radius 2 is 2.11 bits per heavy atom. The van der Waals surface area contributed by atoms with E-state index in [4.69, 9.17) is 4.74 Å². The van der Waals surface area contributed by atoms with Crippen LogP contribution in [-0.4, -0.2) is 51.9 Å². The predicted molar refractivity (Wildman–Crippen MR) is 65.5 cm³/mol. The van der Waals surface area contributed by atoms with Crippen molar-refractivity contribution >= 4 is 11.7 Å². The van der Waals surface area contributed by atoms with Crippen LogP contribution < -0.4 is 0 Å². The lowest BCUT2D eigenvalue weighted by molar-refractivity contribution is -0.144. The van der Waals surface area contributed by atoms with E-state index >= 15 is 0 Å². The van der Waals surface area contributed by atoms with Gasteiger partial charge in [-0.1, -0.05) is 0 Å². The van der Waals surface area contributed by atoms with E-state index in [-0.39, 0.29) is 18.2 Å². The highest BCUT2D eigenvalue weighted by Gasteiger charge is 2.46. The molecule has 6 nitrogen and oxygen atoms in total. The molecule has 1 amide bonds. The number of amides is 1. The normalized spacial score (nSPS) is 26.9. The number of piperidine rings is 1. The topological polar surface area (TPSA) is 72.4 Å². The molecule has 1 aromatic heterocycles. The van der Waals surface area contributed by atoms with Crippen LogP contribution >= 0.6 is 0 Å². The molecule has 0 N–H and O–H groups in total. The molecule has 1 atom stereocenters.